The van der Waals surface area contributed by atoms with Gasteiger partial charge in [0.2, 0.25) is 5.28 Å². The molecule has 0 saturated carbocycles. The van der Waals surface area contributed by atoms with Gasteiger partial charge in [-0.1, -0.05) is 13.8 Å². The minimum absolute atomic E-state index is 0.137. The summed E-state index contributed by atoms with van der Waals surface area (Å²) >= 11 is 5.84. The average molecular weight is 273 g/mol. The van der Waals surface area contributed by atoms with Crippen molar-refractivity contribution in [3.05, 3.63) is 11.0 Å². The second-order valence-electron chi connectivity index (χ2n) is 4.49. The minimum Gasteiger partial charge on any atom is -0.394 e. The average Bonchev–Trinajstić information content (AvgIpc) is 2.29. The smallest absolute Gasteiger partial charge is 0.224 e. The maximum Gasteiger partial charge on any atom is 0.224 e. The molecule has 1 aromatic rings. The molecule has 0 aliphatic carbocycles. The lowest BCUT2D eigenvalue weighted by Gasteiger charge is -2.23. The summed E-state index contributed by atoms with van der Waals surface area (Å²) in [4.78, 5) is 8.13. The Morgan fingerprint density at radius 3 is 2.61 bits per heavy atom. The molecule has 0 saturated heterocycles. The number of nitrogens with one attached hydrogen (secondary N) is 1. The summed E-state index contributed by atoms with van der Waals surface area (Å²) in [6.07, 6.45) is 0. The molecule has 0 radical (unpaired) electrons. The summed E-state index contributed by atoms with van der Waals surface area (Å²) in [6, 6.07) is 0.137. The Hall–Kier alpha value is -1.07. The van der Waals surface area contributed by atoms with E-state index in [0.717, 1.165) is 0 Å². The van der Waals surface area contributed by atoms with Crippen LogP contribution in [0.3, 0.4) is 0 Å². The molecule has 102 valence electrons. The van der Waals surface area contributed by atoms with Gasteiger partial charge in [-0.2, -0.15) is 4.98 Å². The topological polar surface area (TPSA) is 73.1 Å². The SMILES string of the molecule is CCOCC(Nc1nc(Cl)nc(C)c1N)C(C)C. The zero-order valence-corrected chi connectivity index (χ0v) is 12.1. The van der Waals surface area contributed by atoms with Crippen LogP contribution in [0.4, 0.5) is 11.5 Å². The fourth-order valence-electron chi connectivity index (χ4n) is 1.48. The first kappa shape index (κ1) is 15.0. The van der Waals surface area contributed by atoms with Crippen LogP contribution in [0, 0.1) is 12.8 Å². The van der Waals surface area contributed by atoms with Gasteiger partial charge in [0.25, 0.3) is 0 Å². The first-order chi connectivity index (χ1) is 8.45. The van der Waals surface area contributed by atoms with E-state index in [1.807, 2.05) is 6.92 Å². The predicted molar refractivity (Wildman–Crippen MR) is 74.9 cm³/mol. The second-order valence-corrected chi connectivity index (χ2v) is 4.83. The monoisotopic (exact) mass is 272 g/mol. The van der Waals surface area contributed by atoms with Crippen molar-refractivity contribution < 1.29 is 4.74 Å². The Bertz CT molecular complexity index is 398. The van der Waals surface area contributed by atoms with Crippen LogP contribution in [0.2, 0.25) is 5.28 Å². The molecule has 0 bridgehead atoms. The van der Waals surface area contributed by atoms with Gasteiger partial charge in [-0.25, -0.2) is 4.98 Å². The maximum absolute atomic E-state index is 5.94. The van der Waals surface area contributed by atoms with Gasteiger partial charge in [0.1, 0.15) is 0 Å². The highest BCUT2D eigenvalue weighted by atomic mass is 35.5. The molecule has 6 heteroatoms. The van der Waals surface area contributed by atoms with E-state index in [4.69, 9.17) is 22.1 Å². The van der Waals surface area contributed by atoms with Gasteiger partial charge in [-0.15, -0.1) is 0 Å². The number of aryl methyl sites for hydroxylation is 1. The van der Waals surface area contributed by atoms with E-state index in [9.17, 15) is 0 Å². The van der Waals surface area contributed by atoms with Gasteiger partial charge in [0, 0.05) is 6.61 Å². The van der Waals surface area contributed by atoms with E-state index in [1.165, 1.54) is 0 Å². The van der Waals surface area contributed by atoms with E-state index < -0.39 is 0 Å². The van der Waals surface area contributed by atoms with Crippen molar-refractivity contribution >= 4 is 23.1 Å². The molecule has 0 aromatic carbocycles. The predicted octanol–water partition coefficient (Wildman–Crippen LogP) is 2.49. The van der Waals surface area contributed by atoms with Crippen LogP contribution in [0.25, 0.3) is 0 Å². The van der Waals surface area contributed by atoms with Crippen molar-refractivity contribution in [3.63, 3.8) is 0 Å². The highest BCUT2D eigenvalue weighted by Gasteiger charge is 2.17. The molecule has 1 atom stereocenters. The summed E-state index contributed by atoms with van der Waals surface area (Å²) in [7, 11) is 0. The molecule has 18 heavy (non-hydrogen) atoms. The summed E-state index contributed by atoms with van der Waals surface area (Å²) in [5.41, 5.74) is 7.15. The number of rotatable bonds is 6. The number of nitrogen functional groups attached to an aromatic ring is 1. The van der Waals surface area contributed by atoms with Crippen molar-refractivity contribution in [2.75, 3.05) is 24.3 Å². The number of aromatic nitrogens is 2. The fourth-order valence-corrected chi connectivity index (χ4v) is 1.69. The van der Waals surface area contributed by atoms with Crippen LogP contribution in [-0.4, -0.2) is 29.2 Å². The van der Waals surface area contributed by atoms with Crippen LogP contribution in [0.1, 0.15) is 26.5 Å². The van der Waals surface area contributed by atoms with E-state index in [1.54, 1.807) is 6.92 Å². The zero-order valence-electron chi connectivity index (χ0n) is 11.3. The van der Waals surface area contributed by atoms with Gasteiger partial charge in [-0.3, -0.25) is 0 Å². The molecule has 0 aliphatic heterocycles. The van der Waals surface area contributed by atoms with Gasteiger partial charge in [-0.05, 0) is 31.4 Å². The number of halogens is 1. The van der Waals surface area contributed by atoms with Crippen molar-refractivity contribution in [2.45, 2.75) is 33.7 Å². The molecule has 1 heterocycles. The quantitative estimate of drug-likeness (QED) is 0.779. The summed E-state index contributed by atoms with van der Waals surface area (Å²) in [6.45, 7) is 9.29. The highest BCUT2D eigenvalue weighted by molar-refractivity contribution is 6.28. The van der Waals surface area contributed by atoms with Crippen molar-refractivity contribution in [2.24, 2.45) is 5.92 Å². The maximum atomic E-state index is 5.94. The Kier molecular flexibility index (Phi) is 5.62. The molecule has 0 aliphatic rings. The molecule has 1 rings (SSSR count). The summed E-state index contributed by atoms with van der Waals surface area (Å²) < 4.78 is 5.45. The number of anilines is 2. The van der Waals surface area contributed by atoms with Crippen molar-refractivity contribution in [1.29, 1.82) is 0 Å². The number of hydrogen-bond donors (Lipinski definition) is 2. The molecule has 3 N–H and O–H groups in total. The molecule has 1 aromatic heterocycles. The third-order valence-corrected chi connectivity index (χ3v) is 2.91. The van der Waals surface area contributed by atoms with E-state index >= 15 is 0 Å². The van der Waals surface area contributed by atoms with E-state index in [-0.39, 0.29) is 11.3 Å². The zero-order chi connectivity index (χ0) is 13.7. The Labute approximate surface area is 113 Å². The van der Waals surface area contributed by atoms with Gasteiger partial charge in [0.05, 0.1) is 24.0 Å². The van der Waals surface area contributed by atoms with Crippen LogP contribution in [0.5, 0.6) is 0 Å². The van der Waals surface area contributed by atoms with Gasteiger partial charge >= 0.3 is 0 Å². The molecular formula is C12H21ClN4O. The number of ether oxygens (including phenoxy) is 1. The lowest BCUT2D eigenvalue weighted by molar-refractivity contribution is 0.126. The second kappa shape index (κ2) is 6.75. The van der Waals surface area contributed by atoms with Crippen LogP contribution >= 0.6 is 11.6 Å². The number of nitrogens with zero attached hydrogens (tertiary/aromatic N) is 2. The largest absolute Gasteiger partial charge is 0.394 e. The minimum atomic E-state index is 0.137. The van der Waals surface area contributed by atoms with Crippen molar-refractivity contribution in [3.8, 4) is 0 Å². The molecule has 0 amide bonds. The highest BCUT2D eigenvalue weighted by Crippen LogP contribution is 2.22. The van der Waals surface area contributed by atoms with E-state index in [0.29, 0.717) is 36.3 Å². The van der Waals surface area contributed by atoms with Gasteiger partial charge in [0.15, 0.2) is 5.82 Å². The third kappa shape index (κ3) is 3.99. The molecule has 0 spiro atoms. The lowest BCUT2D eigenvalue weighted by Crippen LogP contribution is -2.32. The first-order valence-electron chi connectivity index (χ1n) is 6.09. The normalized spacial score (nSPS) is 12.8. The lowest BCUT2D eigenvalue weighted by atomic mass is 10.1. The number of hydrogen-bond acceptors (Lipinski definition) is 5. The van der Waals surface area contributed by atoms with Crippen molar-refractivity contribution in [1.82, 2.24) is 9.97 Å². The standard InChI is InChI=1S/C12H21ClN4O/c1-5-18-6-9(7(2)3)16-11-10(14)8(4)15-12(13)17-11/h7,9H,5-6,14H2,1-4H3,(H,15,16,17). The Morgan fingerprint density at radius 2 is 2.06 bits per heavy atom. The van der Waals surface area contributed by atoms with Crippen LogP contribution in [0.15, 0.2) is 0 Å². The van der Waals surface area contributed by atoms with Crippen LogP contribution < -0.4 is 11.1 Å². The fraction of sp³-hybridized carbons (Fsp3) is 0.667. The van der Waals surface area contributed by atoms with Crippen LogP contribution in [-0.2, 0) is 4.74 Å². The van der Waals surface area contributed by atoms with E-state index in [2.05, 4.69) is 29.1 Å². The molecular weight excluding hydrogens is 252 g/mol. The molecule has 0 fully saturated rings. The third-order valence-electron chi connectivity index (χ3n) is 2.74. The summed E-state index contributed by atoms with van der Waals surface area (Å²) in [5.74, 6) is 0.968. The van der Waals surface area contributed by atoms with Gasteiger partial charge < -0.3 is 15.8 Å². The molecule has 5 nitrogen and oxygen atoms in total. The Morgan fingerprint density at radius 1 is 1.39 bits per heavy atom. The summed E-state index contributed by atoms with van der Waals surface area (Å²) in [5, 5.41) is 3.47. The Balaban J connectivity index is 2.86. The molecule has 1 unspecified atom stereocenters. The number of nitrogens with two attached hydrogens (primary N) is 1. The first-order valence-corrected chi connectivity index (χ1v) is 6.47.